The molecule has 1 aromatic heterocycles. The summed E-state index contributed by atoms with van der Waals surface area (Å²) in [7, 11) is 0. The summed E-state index contributed by atoms with van der Waals surface area (Å²) in [5, 5.41) is 1.05. The van der Waals surface area contributed by atoms with E-state index in [4.69, 9.17) is 4.98 Å². The van der Waals surface area contributed by atoms with Crippen LogP contribution in [0.4, 0.5) is 0 Å². The molecule has 4 nitrogen and oxygen atoms in total. The fourth-order valence-electron chi connectivity index (χ4n) is 4.53. The van der Waals surface area contributed by atoms with Gasteiger partial charge < -0.3 is 0 Å². The summed E-state index contributed by atoms with van der Waals surface area (Å²) in [4.78, 5) is 32.4. The molecule has 1 aliphatic rings. The zero-order chi connectivity index (χ0) is 22.2. The summed E-state index contributed by atoms with van der Waals surface area (Å²) >= 11 is 0. The molecule has 0 spiro atoms. The minimum absolute atomic E-state index is 0.0273. The van der Waals surface area contributed by atoms with Gasteiger partial charge in [0.15, 0.2) is 0 Å². The number of amides is 2. The maximum Gasteiger partial charge on any atom is 0.262 e. The Bertz CT molecular complexity index is 1290. The average molecular weight is 421 g/mol. The van der Waals surface area contributed by atoms with E-state index in [0.29, 0.717) is 11.1 Å². The number of imide groups is 1. The van der Waals surface area contributed by atoms with Crippen LogP contribution in [0.3, 0.4) is 0 Å². The molecule has 32 heavy (non-hydrogen) atoms. The molecule has 0 bridgehead atoms. The number of fused-ring (bicyclic) bond motifs is 2. The molecule has 5 rings (SSSR count). The highest BCUT2D eigenvalue weighted by Gasteiger charge is 2.42. The summed E-state index contributed by atoms with van der Waals surface area (Å²) in [6, 6.07) is 27.2. The summed E-state index contributed by atoms with van der Waals surface area (Å²) < 4.78 is 0. The van der Waals surface area contributed by atoms with Gasteiger partial charge in [-0.05, 0) is 53.8 Å². The summed E-state index contributed by atoms with van der Waals surface area (Å²) in [6.07, 6.45) is 0.863. The number of rotatable bonds is 5. The molecule has 4 aromatic rings. The van der Waals surface area contributed by atoms with Crippen molar-refractivity contribution in [2.45, 2.75) is 26.3 Å². The Balaban J connectivity index is 1.49. The van der Waals surface area contributed by atoms with Crippen molar-refractivity contribution in [1.82, 2.24) is 9.88 Å². The van der Waals surface area contributed by atoms with E-state index >= 15 is 0 Å². The number of carbonyl (C=O) groups excluding carboxylic acids is 2. The monoisotopic (exact) mass is 420 g/mol. The molecule has 4 heteroatoms. The van der Waals surface area contributed by atoms with Gasteiger partial charge in [-0.15, -0.1) is 0 Å². The van der Waals surface area contributed by atoms with Crippen molar-refractivity contribution in [1.29, 1.82) is 0 Å². The molecule has 0 fully saturated rings. The first-order valence-electron chi connectivity index (χ1n) is 10.9. The van der Waals surface area contributed by atoms with Crippen molar-refractivity contribution >= 4 is 22.7 Å². The SMILES string of the molecule is CC(C)C(c1ccc2cc(Cc3ccccc3)ccc2n1)N1C(=O)c2ccccc2C1=O. The number of hydrogen-bond acceptors (Lipinski definition) is 3. The van der Waals surface area contributed by atoms with Gasteiger partial charge in [0.1, 0.15) is 0 Å². The molecular weight excluding hydrogens is 396 g/mol. The number of aromatic nitrogens is 1. The maximum atomic E-state index is 13.1. The molecule has 1 unspecified atom stereocenters. The van der Waals surface area contributed by atoms with Gasteiger partial charge in [0.05, 0.1) is 28.4 Å². The normalized spacial score (nSPS) is 14.3. The first kappa shape index (κ1) is 20.1. The van der Waals surface area contributed by atoms with Crippen LogP contribution in [-0.2, 0) is 6.42 Å². The predicted molar refractivity (Wildman–Crippen MR) is 126 cm³/mol. The van der Waals surface area contributed by atoms with E-state index in [9.17, 15) is 9.59 Å². The first-order valence-corrected chi connectivity index (χ1v) is 10.9. The second-order valence-electron chi connectivity index (χ2n) is 8.64. The highest BCUT2D eigenvalue weighted by Crippen LogP contribution is 2.35. The second kappa shape index (κ2) is 8.04. The minimum Gasteiger partial charge on any atom is -0.269 e. The van der Waals surface area contributed by atoms with Crippen molar-refractivity contribution in [2.75, 3.05) is 0 Å². The molecule has 1 atom stereocenters. The van der Waals surface area contributed by atoms with E-state index in [2.05, 4.69) is 36.4 Å². The van der Waals surface area contributed by atoms with Crippen molar-refractivity contribution in [2.24, 2.45) is 5.92 Å². The van der Waals surface area contributed by atoms with E-state index < -0.39 is 6.04 Å². The van der Waals surface area contributed by atoms with Crippen molar-refractivity contribution in [3.63, 3.8) is 0 Å². The Morgan fingerprint density at radius 2 is 1.41 bits per heavy atom. The molecule has 3 aromatic carbocycles. The second-order valence-corrected chi connectivity index (χ2v) is 8.64. The largest absolute Gasteiger partial charge is 0.269 e. The van der Waals surface area contributed by atoms with E-state index in [1.807, 2.05) is 38.1 Å². The van der Waals surface area contributed by atoms with Crippen LogP contribution < -0.4 is 0 Å². The van der Waals surface area contributed by atoms with Crippen molar-refractivity contribution in [3.05, 3.63) is 113 Å². The van der Waals surface area contributed by atoms with Gasteiger partial charge >= 0.3 is 0 Å². The fraction of sp³-hybridized carbons (Fsp3) is 0.179. The zero-order valence-electron chi connectivity index (χ0n) is 18.2. The molecule has 2 amide bonds. The lowest BCUT2D eigenvalue weighted by molar-refractivity contribution is 0.0534. The Labute approximate surface area is 187 Å². The molecule has 0 aliphatic carbocycles. The Kier molecular flexibility index (Phi) is 5.06. The number of pyridine rings is 1. The van der Waals surface area contributed by atoms with E-state index in [-0.39, 0.29) is 17.7 Å². The van der Waals surface area contributed by atoms with Gasteiger partial charge in [0.25, 0.3) is 11.8 Å². The fourth-order valence-corrected chi connectivity index (χ4v) is 4.53. The molecule has 2 heterocycles. The molecule has 0 saturated heterocycles. The third-order valence-electron chi connectivity index (χ3n) is 6.06. The maximum absolute atomic E-state index is 13.1. The standard InChI is InChI=1S/C28H24N2O2/c1-18(2)26(30-27(31)22-10-6-7-11-23(22)28(30)32)25-15-13-21-17-20(12-14-24(21)29-25)16-19-8-4-3-5-9-19/h3-15,17-18,26H,16H2,1-2H3. The Morgan fingerprint density at radius 3 is 2.06 bits per heavy atom. The van der Waals surface area contributed by atoms with Crippen LogP contribution in [-0.4, -0.2) is 21.7 Å². The van der Waals surface area contributed by atoms with Crippen molar-refractivity contribution < 1.29 is 9.59 Å². The topological polar surface area (TPSA) is 50.3 Å². The van der Waals surface area contributed by atoms with Crippen LogP contribution in [0.1, 0.15) is 57.4 Å². The van der Waals surface area contributed by atoms with E-state index in [1.165, 1.54) is 16.0 Å². The molecule has 1 aliphatic heterocycles. The van der Waals surface area contributed by atoms with E-state index in [1.54, 1.807) is 24.3 Å². The zero-order valence-corrected chi connectivity index (χ0v) is 18.2. The van der Waals surface area contributed by atoms with Gasteiger partial charge in [0, 0.05) is 5.39 Å². The van der Waals surface area contributed by atoms with Gasteiger partial charge in [-0.2, -0.15) is 0 Å². The summed E-state index contributed by atoms with van der Waals surface area (Å²) in [5.41, 5.74) is 5.02. The number of nitrogens with zero attached hydrogens (tertiary/aromatic N) is 2. The van der Waals surface area contributed by atoms with Crippen LogP contribution in [0.15, 0.2) is 84.9 Å². The molecular formula is C28H24N2O2. The number of benzene rings is 3. The highest BCUT2D eigenvalue weighted by atomic mass is 16.2. The lowest BCUT2D eigenvalue weighted by Crippen LogP contribution is -2.37. The lowest BCUT2D eigenvalue weighted by Gasteiger charge is -2.29. The third-order valence-corrected chi connectivity index (χ3v) is 6.06. The van der Waals surface area contributed by atoms with Crippen LogP contribution in [0.2, 0.25) is 0 Å². The van der Waals surface area contributed by atoms with Crippen LogP contribution in [0.5, 0.6) is 0 Å². The summed E-state index contributed by atoms with van der Waals surface area (Å²) in [6.45, 7) is 4.03. The minimum atomic E-state index is -0.421. The molecule has 0 N–H and O–H groups in total. The average Bonchev–Trinajstić information content (AvgIpc) is 3.05. The van der Waals surface area contributed by atoms with Gasteiger partial charge in [0.2, 0.25) is 0 Å². The van der Waals surface area contributed by atoms with Crippen LogP contribution >= 0.6 is 0 Å². The lowest BCUT2D eigenvalue weighted by atomic mass is 9.97. The molecule has 0 saturated carbocycles. The molecule has 0 radical (unpaired) electrons. The van der Waals surface area contributed by atoms with E-state index in [0.717, 1.165) is 23.0 Å². The number of hydrogen-bond donors (Lipinski definition) is 0. The smallest absolute Gasteiger partial charge is 0.262 e. The van der Waals surface area contributed by atoms with Gasteiger partial charge in [-0.3, -0.25) is 19.5 Å². The van der Waals surface area contributed by atoms with Crippen LogP contribution in [0, 0.1) is 5.92 Å². The quantitative estimate of drug-likeness (QED) is 0.382. The van der Waals surface area contributed by atoms with Crippen LogP contribution in [0.25, 0.3) is 10.9 Å². The number of carbonyl (C=O) groups is 2. The Hall–Kier alpha value is -3.79. The predicted octanol–water partition coefficient (Wildman–Crippen LogP) is 5.82. The van der Waals surface area contributed by atoms with Crippen molar-refractivity contribution in [3.8, 4) is 0 Å². The third kappa shape index (κ3) is 3.48. The first-order chi connectivity index (χ1) is 15.5. The Morgan fingerprint density at radius 1 is 0.750 bits per heavy atom. The van der Waals surface area contributed by atoms with Gasteiger partial charge in [-0.25, -0.2) is 0 Å². The highest BCUT2D eigenvalue weighted by molar-refractivity contribution is 6.21. The van der Waals surface area contributed by atoms with Gasteiger partial charge in [-0.1, -0.05) is 68.4 Å². The molecule has 158 valence electrons. The summed E-state index contributed by atoms with van der Waals surface area (Å²) in [5.74, 6) is -0.465.